The van der Waals surface area contributed by atoms with Gasteiger partial charge in [-0.25, -0.2) is 4.98 Å². The molecule has 0 saturated heterocycles. The Hall–Kier alpha value is -1.13. The minimum absolute atomic E-state index is 0.184. The van der Waals surface area contributed by atoms with Gasteiger partial charge in [-0.3, -0.25) is 0 Å². The Morgan fingerprint density at radius 3 is 2.88 bits per heavy atom. The number of nitrogens with zero attached hydrogens (tertiary/aromatic N) is 1. The number of rotatable bonds is 5. The lowest BCUT2D eigenvalue weighted by Crippen LogP contribution is -2.31. The smallest absolute Gasteiger partial charge is 0.103 e. The maximum absolute atomic E-state index is 4.19. The Labute approximate surface area is 106 Å². The van der Waals surface area contributed by atoms with Crippen LogP contribution in [0.3, 0.4) is 0 Å². The molecule has 2 heterocycles. The summed E-state index contributed by atoms with van der Waals surface area (Å²) in [6.45, 7) is 8.31. The lowest BCUT2D eigenvalue weighted by atomic mass is 9.91. The van der Waals surface area contributed by atoms with Crippen LogP contribution in [-0.4, -0.2) is 16.5 Å². The van der Waals surface area contributed by atoms with Crippen LogP contribution in [0, 0.1) is 6.92 Å². The topological polar surface area (TPSA) is 40.7 Å². The van der Waals surface area contributed by atoms with Crippen LogP contribution in [0.5, 0.6) is 0 Å². The Balaban J connectivity index is 1.86. The van der Waals surface area contributed by atoms with Gasteiger partial charge in [-0.1, -0.05) is 19.9 Å². The third-order valence-corrected chi connectivity index (χ3v) is 4.06. The molecule has 17 heavy (non-hydrogen) atoms. The zero-order chi connectivity index (χ0) is 12.3. The lowest BCUT2D eigenvalue weighted by molar-refractivity contribution is 0.475. The Bertz CT molecular complexity index is 457. The van der Waals surface area contributed by atoms with Gasteiger partial charge < -0.3 is 10.3 Å². The van der Waals surface area contributed by atoms with Gasteiger partial charge >= 0.3 is 0 Å². The third-order valence-electron chi connectivity index (χ3n) is 2.83. The number of aromatic nitrogens is 2. The first kappa shape index (κ1) is 12.3. The van der Waals surface area contributed by atoms with Crippen molar-refractivity contribution in [3.8, 4) is 0 Å². The second-order valence-corrected chi connectivity index (χ2v) is 5.91. The number of nitrogens with one attached hydrogen (secondary N) is 2. The fourth-order valence-corrected chi connectivity index (χ4v) is 2.67. The van der Waals surface area contributed by atoms with Gasteiger partial charge in [0.15, 0.2) is 0 Å². The van der Waals surface area contributed by atoms with Crippen molar-refractivity contribution in [2.24, 2.45) is 0 Å². The number of hydrogen-bond acceptors (Lipinski definition) is 3. The van der Waals surface area contributed by atoms with E-state index in [0.717, 1.165) is 24.6 Å². The van der Waals surface area contributed by atoms with E-state index in [0.29, 0.717) is 0 Å². The van der Waals surface area contributed by atoms with Crippen LogP contribution in [0.2, 0.25) is 0 Å². The van der Waals surface area contributed by atoms with Crippen LogP contribution in [0.1, 0.15) is 30.2 Å². The molecule has 0 radical (unpaired) electrons. The molecule has 0 aliphatic carbocycles. The minimum atomic E-state index is 0.184. The van der Waals surface area contributed by atoms with Crippen LogP contribution in [0.4, 0.5) is 0 Å². The fourth-order valence-electron chi connectivity index (χ4n) is 1.82. The van der Waals surface area contributed by atoms with E-state index in [-0.39, 0.29) is 5.41 Å². The highest BCUT2D eigenvalue weighted by molar-refractivity contribution is 7.10. The predicted octanol–water partition coefficient (Wildman–Crippen LogP) is 2.85. The van der Waals surface area contributed by atoms with Crippen molar-refractivity contribution in [2.75, 3.05) is 6.54 Å². The number of aryl methyl sites for hydroxylation is 1. The molecule has 2 aromatic heterocycles. The number of H-pyrrole nitrogens is 1. The molecule has 4 heteroatoms. The van der Waals surface area contributed by atoms with E-state index in [1.165, 1.54) is 4.88 Å². The van der Waals surface area contributed by atoms with Crippen LogP contribution in [0.15, 0.2) is 23.7 Å². The maximum Gasteiger partial charge on any atom is 0.103 e. The second-order valence-electron chi connectivity index (χ2n) is 4.96. The van der Waals surface area contributed by atoms with E-state index < -0.39 is 0 Å². The van der Waals surface area contributed by atoms with Crippen LogP contribution in [0.25, 0.3) is 0 Å². The number of thiophene rings is 1. The summed E-state index contributed by atoms with van der Waals surface area (Å²) < 4.78 is 0. The van der Waals surface area contributed by atoms with E-state index in [2.05, 4.69) is 46.6 Å². The molecule has 2 rings (SSSR count). The van der Waals surface area contributed by atoms with Gasteiger partial charge in [0.2, 0.25) is 0 Å². The van der Waals surface area contributed by atoms with E-state index in [1.54, 1.807) is 0 Å². The summed E-state index contributed by atoms with van der Waals surface area (Å²) in [6, 6.07) is 4.31. The highest BCUT2D eigenvalue weighted by Crippen LogP contribution is 2.26. The van der Waals surface area contributed by atoms with Gasteiger partial charge in [-0.15, -0.1) is 11.3 Å². The van der Waals surface area contributed by atoms with Gasteiger partial charge in [0.1, 0.15) is 5.82 Å². The summed E-state index contributed by atoms with van der Waals surface area (Å²) in [5.74, 6) is 0.972. The standard InChI is InChI=1S/C13H19N3S/c1-10-15-8-11(16-10)7-14-9-13(2,3)12-5-4-6-17-12/h4-6,8,14H,7,9H2,1-3H3,(H,15,16). The highest BCUT2D eigenvalue weighted by atomic mass is 32.1. The first-order valence-electron chi connectivity index (χ1n) is 5.83. The van der Waals surface area contributed by atoms with Crippen LogP contribution in [-0.2, 0) is 12.0 Å². The molecule has 3 nitrogen and oxygen atoms in total. The van der Waals surface area contributed by atoms with Gasteiger partial charge in [-0.2, -0.15) is 0 Å². The molecule has 2 aromatic rings. The Kier molecular flexibility index (Phi) is 3.64. The molecule has 0 bridgehead atoms. The normalized spacial score (nSPS) is 11.9. The Morgan fingerprint density at radius 2 is 2.29 bits per heavy atom. The van der Waals surface area contributed by atoms with Crippen molar-refractivity contribution in [2.45, 2.75) is 32.7 Å². The molecule has 0 atom stereocenters. The zero-order valence-corrected chi connectivity index (χ0v) is 11.4. The molecule has 0 aliphatic heterocycles. The van der Waals surface area contributed by atoms with Crippen molar-refractivity contribution in [1.29, 1.82) is 0 Å². The average Bonchev–Trinajstić information content (AvgIpc) is 2.89. The summed E-state index contributed by atoms with van der Waals surface area (Å²) in [5.41, 5.74) is 1.33. The first-order chi connectivity index (χ1) is 8.08. The monoisotopic (exact) mass is 249 g/mol. The van der Waals surface area contributed by atoms with Crippen molar-refractivity contribution in [1.82, 2.24) is 15.3 Å². The van der Waals surface area contributed by atoms with Crippen molar-refractivity contribution in [3.63, 3.8) is 0 Å². The molecule has 92 valence electrons. The van der Waals surface area contributed by atoms with Crippen molar-refractivity contribution in [3.05, 3.63) is 40.1 Å². The summed E-state index contributed by atoms with van der Waals surface area (Å²) in [4.78, 5) is 8.84. The van der Waals surface area contributed by atoms with Gasteiger partial charge in [0, 0.05) is 35.3 Å². The highest BCUT2D eigenvalue weighted by Gasteiger charge is 2.20. The van der Waals surface area contributed by atoms with Crippen LogP contribution >= 0.6 is 11.3 Å². The number of imidazole rings is 1. The molecule has 2 N–H and O–H groups in total. The molecule has 0 amide bonds. The van der Waals surface area contributed by atoms with Crippen molar-refractivity contribution < 1.29 is 0 Å². The van der Waals surface area contributed by atoms with Crippen molar-refractivity contribution >= 4 is 11.3 Å². The van der Waals surface area contributed by atoms with Crippen LogP contribution < -0.4 is 5.32 Å². The van der Waals surface area contributed by atoms with E-state index in [1.807, 2.05) is 24.5 Å². The zero-order valence-electron chi connectivity index (χ0n) is 10.6. The molecule has 0 aliphatic rings. The predicted molar refractivity (Wildman–Crippen MR) is 72.4 cm³/mol. The first-order valence-corrected chi connectivity index (χ1v) is 6.71. The van der Waals surface area contributed by atoms with Gasteiger partial charge in [0.05, 0.1) is 0 Å². The summed E-state index contributed by atoms with van der Waals surface area (Å²) in [5, 5.41) is 5.61. The second kappa shape index (κ2) is 5.02. The third kappa shape index (κ3) is 3.17. The molecule has 0 aromatic carbocycles. The largest absolute Gasteiger partial charge is 0.345 e. The Morgan fingerprint density at radius 1 is 1.47 bits per heavy atom. The van der Waals surface area contributed by atoms with E-state index >= 15 is 0 Å². The summed E-state index contributed by atoms with van der Waals surface area (Å²) >= 11 is 1.82. The number of hydrogen-bond donors (Lipinski definition) is 2. The quantitative estimate of drug-likeness (QED) is 0.855. The van der Waals surface area contributed by atoms with Gasteiger partial charge in [0.25, 0.3) is 0 Å². The minimum Gasteiger partial charge on any atom is -0.345 e. The summed E-state index contributed by atoms with van der Waals surface area (Å²) in [6.07, 6.45) is 1.89. The maximum atomic E-state index is 4.19. The van der Waals surface area contributed by atoms with Gasteiger partial charge in [-0.05, 0) is 18.4 Å². The molecule has 0 fully saturated rings. The lowest BCUT2D eigenvalue weighted by Gasteiger charge is -2.23. The average molecular weight is 249 g/mol. The molecule has 0 spiro atoms. The summed E-state index contributed by atoms with van der Waals surface area (Å²) in [7, 11) is 0. The molecular weight excluding hydrogens is 230 g/mol. The number of aromatic amines is 1. The van der Waals surface area contributed by atoms with E-state index in [9.17, 15) is 0 Å². The van der Waals surface area contributed by atoms with E-state index in [4.69, 9.17) is 0 Å². The molecule has 0 unspecified atom stereocenters. The molecular formula is C13H19N3S. The molecule has 0 saturated carbocycles. The SMILES string of the molecule is Cc1ncc(CNCC(C)(C)c2cccs2)[nH]1. The fraction of sp³-hybridized carbons (Fsp3) is 0.462.